The van der Waals surface area contributed by atoms with Crippen molar-refractivity contribution >= 4 is 11.6 Å². The summed E-state index contributed by atoms with van der Waals surface area (Å²) in [6.45, 7) is 6.52. The summed E-state index contributed by atoms with van der Waals surface area (Å²) in [5.74, 6) is 0.422. The first kappa shape index (κ1) is 14.6. The molecule has 0 atom stereocenters. The number of hydrogen-bond acceptors (Lipinski definition) is 3. The van der Waals surface area contributed by atoms with Gasteiger partial charge in [-0.2, -0.15) is 13.2 Å². The largest absolute Gasteiger partial charge is 0.416 e. The summed E-state index contributed by atoms with van der Waals surface area (Å²) >= 11 is 0. The van der Waals surface area contributed by atoms with Crippen LogP contribution in [0.25, 0.3) is 0 Å². The van der Waals surface area contributed by atoms with Crippen LogP contribution in [0.1, 0.15) is 26.3 Å². The van der Waals surface area contributed by atoms with Gasteiger partial charge in [0.1, 0.15) is 11.6 Å². The molecule has 0 saturated heterocycles. The smallest absolute Gasteiger partial charge is 0.373 e. The summed E-state index contributed by atoms with van der Waals surface area (Å²) in [5.41, 5.74) is -0.742. The molecule has 0 spiro atoms. The molecule has 0 unspecified atom stereocenters. The zero-order valence-corrected chi connectivity index (χ0v) is 10.9. The van der Waals surface area contributed by atoms with E-state index in [1.165, 1.54) is 7.05 Å². The predicted molar refractivity (Wildman–Crippen MR) is 66.7 cm³/mol. The van der Waals surface area contributed by atoms with Crippen molar-refractivity contribution in [2.45, 2.75) is 26.9 Å². The second kappa shape index (κ2) is 5.04. The van der Waals surface area contributed by atoms with E-state index in [-0.39, 0.29) is 17.1 Å². The van der Waals surface area contributed by atoms with Crippen LogP contribution in [0.15, 0.2) is 12.1 Å². The summed E-state index contributed by atoms with van der Waals surface area (Å²) in [7, 11) is 1.54. The molecule has 1 aromatic rings. The lowest BCUT2D eigenvalue weighted by molar-refractivity contribution is -0.137. The van der Waals surface area contributed by atoms with Gasteiger partial charge in [0, 0.05) is 13.6 Å². The molecule has 0 bridgehead atoms. The highest BCUT2D eigenvalue weighted by Crippen LogP contribution is 2.32. The Morgan fingerprint density at radius 1 is 1.11 bits per heavy atom. The number of alkyl halides is 3. The number of nitrogens with zero attached hydrogens (tertiary/aromatic N) is 1. The molecule has 0 aliphatic carbocycles. The molecular weight excluding hydrogens is 243 g/mol. The molecule has 18 heavy (non-hydrogen) atoms. The minimum atomic E-state index is -4.37. The van der Waals surface area contributed by atoms with E-state index < -0.39 is 11.7 Å². The second-order valence-corrected chi connectivity index (χ2v) is 5.29. The monoisotopic (exact) mass is 261 g/mol. The lowest BCUT2D eigenvalue weighted by atomic mass is 9.97. The van der Waals surface area contributed by atoms with Crippen LogP contribution in [0.2, 0.25) is 0 Å². The van der Waals surface area contributed by atoms with E-state index in [0.717, 1.165) is 12.1 Å². The average molecular weight is 261 g/mol. The quantitative estimate of drug-likeness (QED) is 0.873. The number of anilines is 2. The Morgan fingerprint density at radius 2 is 1.67 bits per heavy atom. The minimum absolute atomic E-state index is 0.0320. The van der Waals surface area contributed by atoms with Gasteiger partial charge < -0.3 is 10.6 Å². The first-order valence-electron chi connectivity index (χ1n) is 5.63. The fourth-order valence-corrected chi connectivity index (χ4v) is 1.27. The molecule has 0 radical (unpaired) electrons. The zero-order chi connectivity index (χ0) is 14.0. The van der Waals surface area contributed by atoms with Gasteiger partial charge in [-0.1, -0.05) is 20.8 Å². The third-order valence-electron chi connectivity index (χ3n) is 2.21. The zero-order valence-electron chi connectivity index (χ0n) is 10.9. The molecule has 0 fully saturated rings. The first-order chi connectivity index (χ1) is 8.12. The first-order valence-corrected chi connectivity index (χ1v) is 5.63. The molecule has 2 N–H and O–H groups in total. The van der Waals surface area contributed by atoms with E-state index in [0.29, 0.717) is 6.54 Å². The van der Waals surface area contributed by atoms with Gasteiger partial charge >= 0.3 is 6.18 Å². The Kier molecular flexibility index (Phi) is 4.09. The molecule has 0 saturated carbocycles. The van der Waals surface area contributed by atoms with Gasteiger partial charge in [-0.3, -0.25) is 0 Å². The Balaban J connectivity index is 2.98. The topological polar surface area (TPSA) is 37.0 Å². The van der Waals surface area contributed by atoms with Gasteiger partial charge in [-0.15, -0.1) is 0 Å². The van der Waals surface area contributed by atoms with Crippen LogP contribution in [-0.4, -0.2) is 18.6 Å². The maximum absolute atomic E-state index is 12.7. The highest BCUT2D eigenvalue weighted by atomic mass is 19.4. The second-order valence-electron chi connectivity index (χ2n) is 5.29. The SMILES string of the molecule is CNc1cc(C(F)(F)F)cc(NCC(C)(C)C)n1. The summed E-state index contributed by atoms with van der Waals surface area (Å²) in [6.07, 6.45) is -4.37. The molecule has 3 nitrogen and oxygen atoms in total. The predicted octanol–water partition coefficient (Wildman–Crippen LogP) is 3.60. The van der Waals surface area contributed by atoms with Crippen LogP contribution in [-0.2, 0) is 6.18 Å². The Bertz CT molecular complexity index is 408. The van der Waals surface area contributed by atoms with E-state index in [2.05, 4.69) is 15.6 Å². The summed E-state index contributed by atoms with van der Waals surface area (Å²) in [6, 6.07) is 2.01. The van der Waals surface area contributed by atoms with Crippen molar-refractivity contribution in [2.75, 3.05) is 24.2 Å². The molecule has 1 rings (SSSR count). The number of aromatic nitrogens is 1. The molecule has 1 aromatic heterocycles. The Hall–Kier alpha value is -1.46. The van der Waals surface area contributed by atoms with Crippen molar-refractivity contribution in [3.05, 3.63) is 17.7 Å². The Morgan fingerprint density at radius 3 is 2.11 bits per heavy atom. The van der Waals surface area contributed by atoms with Crippen molar-refractivity contribution < 1.29 is 13.2 Å². The third kappa shape index (κ3) is 4.43. The molecule has 0 amide bonds. The Labute approximate surface area is 105 Å². The van der Waals surface area contributed by atoms with E-state index in [1.54, 1.807) is 0 Å². The number of hydrogen-bond donors (Lipinski definition) is 2. The standard InChI is InChI=1S/C12H18F3N3/c1-11(2,3)7-17-10-6-8(12(13,14)15)5-9(16-4)18-10/h5-6H,7H2,1-4H3,(H2,16,17,18). The van der Waals surface area contributed by atoms with Crippen molar-refractivity contribution in [3.63, 3.8) is 0 Å². The van der Waals surface area contributed by atoms with Crippen LogP contribution in [0, 0.1) is 5.41 Å². The van der Waals surface area contributed by atoms with Crippen LogP contribution < -0.4 is 10.6 Å². The maximum atomic E-state index is 12.7. The lowest BCUT2D eigenvalue weighted by Gasteiger charge is -2.20. The highest BCUT2D eigenvalue weighted by molar-refractivity contribution is 5.49. The van der Waals surface area contributed by atoms with E-state index in [1.807, 2.05) is 20.8 Å². The van der Waals surface area contributed by atoms with Gasteiger partial charge in [0.15, 0.2) is 0 Å². The maximum Gasteiger partial charge on any atom is 0.416 e. The van der Waals surface area contributed by atoms with E-state index in [9.17, 15) is 13.2 Å². The minimum Gasteiger partial charge on any atom is -0.373 e. The van der Waals surface area contributed by atoms with Crippen LogP contribution in [0.4, 0.5) is 24.8 Å². The number of nitrogens with one attached hydrogen (secondary N) is 2. The summed E-state index contributed by atoms with van der Waals surface area (Å²) < 4.78 is 38.0. The third-order valence-corrected chi connectivity index (χ3v) is 2.21. The van der Waals surface area contributed by atoms with E-state index >= 15 is 0 Å². The summed E-state index contributed by atoms with van der Waals surface area (Å²) in [5, 5.41) is 5.55. The average Bonchev–Trinajstić information content (AvgIpc) is 2.24. The molecule has 6 heteroatoms. The van der Waals surface area contributed by atoms with Crippen molar-refractivity contribution in [1.82, 2.24) is 4.98 Å². The van der Waals surface area contributed by atoms with Gasteiger partial charge in [0.25, 0.3) is 0 Å². The molecular formula is C12H18F3N3. The van der Waals surface area contributed by atoms with Gasteiger partial charge in [-0.25, -0.2) is 4.98 Å². The van der Waals surface area contributed by atoms with Crippen LogP contribution >= 0.6 is 0 Å². The van der Waals surface area contributed by atoms with E-state index in [4.69, 9.17) is 0 Å². The number of rotatable bonds is 3. The molecule has 0 aliphatic heterocycles. The lowest BCUT2D eigenvalue weighted by Crippen LogP contribution is -2.20. The van der Waals surface area contributed by atoms with Gasteiger partial charge in [-0.05, 0) is 17.5 Å². The van der Waals surface area contributed by atoms with Gasteiger partial charge in [0.05, 0.1) is 5.56 Å². The summed E-state index contributed by atoms with van der Waals surface area (Å²) in [4.78, 5) is 4.05. The fourth-order valence-electron chi connectivity index (χ4n) is 1.27. The van der Waals surface area contributed by atoms with Crippen LogP contribution in [0.5, 0.6) is 0 Å². The number of halogens is 3. The van der Waals surface area contributed by atoms with Gasteiger partial charge in [0.2, 0.25) is 0 Å². The van der Waals surface area contributed by atoms with Crippen molar-refractivity contribution in [2.24, 2.45) is 5.41 Å². The highest BCUT2D eigenvalue weighted by Gasteiger charge is 2.31. The van der Waals surface area contributed by atoms with Crippen molar-refractivity contribution in [1.29, 1.82) is 0 Å². The number of pyridine rings is 1. The van der Waals surface area contributed by atoms with Crippen molar-refractivity contribution in [3.8, 4) is 0 Å². The molecule has 1 heterocycles. The molecule has 0 aliphatic rings. The van der Waals surface area contributed by atoms with Crippen LogP contribution in [0.3, 0.4) is 0 Å². The fraction of sp³-hybridized carbons (Fsp3) is 0.583. The normalized spacial score (nSPS) is 12.4. The molecule has 0 aromatic carbocycles. The molecule has 102 valence electrons.